The first-order valence-corrected chi connectivity index (χ1v) is 4.64. The van der Waals surface area contributed by atoms with Crippen molar-refractivity contribution < 1.29 is 4.42 Å². The molecule has 0 unspecified atom stereocenters. The summed E-state index contributed by atoms with van der Waals surface area (Å²) in [6.45, 7) is 0. The van der Waals surface area contributed by atoms with Crippen molar-refractivity contribution >= 4 is 11.9 Å². The fourth-order valence-electron chi connectivity index (χ4n) is 1.06. The van der Waals surface area contributed by atoms with Gasteiger partial charge < -0.3 is 4.42 Å². The molecule has 2 N–H and O–H groups in total. The van der Waals surface area contributed by atoms with E-state index >= 15 is 0 Å². The first kappa shape index (κ1) is 8.34. The number of oxazole rings is 1. The average Bonchev–Trinajstić information content (AvgIpc) is 2.71. The molecule has 0 fully saturated rings. The topological polar surface area (TPSA) is 52.0 Å². The molecule has 0 amide bonds. The maximum absolute atomic E-state index is 5.40. The van der Waals surface area contributed by atoms with Crippen LogP contribution in [0.15, 0.2) is 46.2 Å². The summed E-state index contributed by atoms with van der Waals surface area (Å²) in [7, 11) is 0. The van der Waals surface area contributed by atoms with Gasteiger partial charge in [0.25, 0.3) is 0 Å². The van der Waals surface area contributed by atoms with E-state index < -0.39 is 0 Å². The minimum Gasteiger partial charge on any atom is -0.444 e. The lowest BCUT2D eigenvalue weighted by Crippen LogP contribution is -1.79. The third-order valence-corrected chi connectivity index (χ3v) is 2.25. The summed E-state index contributed by atoms with van der Waals surface area (Å²) in [5, 5.41) is 5.40. The van der Waals surface area contributed by atoms with E-state index in [9.17, 15) is 0 Å². The van der Waals surface area contributed by atoms with Gasteiger partial charge in [-0.15, -0.1) is 0 Å². The van der Waals surface area contributed by atoms with Crippen LogP contribution in [0.2, 0.25) is 0 Å². The Morgan fingerprint density at radius 2 is 2.00 bits per heavy atom. The normalized spacial score (nSPS) is 10.2. The van der Waals surface area contributed by atoms with Gasteiger partial charge in [-0.1, -0.05) is 12.1 Å². The smallest absolute Gasteiger partial charge is 0.181 e. The van der Waals surface area contributed by atoms with Crippen LogP contribution in [0.3, 0.4) is 0 Å². The standard InChI is InChI=1S/C9H8N2OS/c10-13-8-3-1-7(2-4-8)9-5-11-6-12-9/h1-6H,10H2. The summed E-state index contributed by atoms with van der Waals surface area (Å²) in [5.41, 5.74) is 1.01. The third-order valence-electron chi connectivity index (χ3n) is 1.71. The van der Waals surface area contributed by atoms with Crippen molar-refractivity contribution in [2.45, 2.75) is 4.90 Å². The zero-order chi connectivity index (χ0) is 9.10. The molecule has 0 aliphatic carbocycles. The Morgan fingerprint density at radius 3 is 2.54 bits per heavy atom. The first-order valence-electron chi connectivity index (χ1n) is 3.76. The number of benzene rings is 1. The molecule has 2 aromatic rings. The van der Waals surface area contributed by atoms with E-state index in [1.807, 2.05) is 24.3 Å². The van der Waals surface area contributed by atoms with E-state index in [4.69, 9.17) is 9.56 Å². The van der Waals surface area contributed by atoms with Gasteiger partial charge in [0.15, 0.2) is 12.2 Å². The summed E-state index contributed by atoms with van der Waals surface area (Å²) < 4.78 is 5.14. The fraction of sp³-hybridized carbons (Fsp3) is 0. The van der Waals surface area contributed by atoms with E-state index in [0.717, 1.165) is 16.2 Å². The first-order chi connectivity index (χ1) is 6.40. The van der Waals surface area contributed by atoms with E-state index in [2.05, 4.69) is 4.98 Å². The van der Waals surface area contributed by atoms with Gasteiger partial charge in [0.2, 0.25) is 0 Å². The monoisotopic (exact) mass is 192 g/mol. The van der Waals surface area contributed by atoms with Crippen LogP contribution >= 0.6 is 11.9 Å². The lowest BCUT2D eigenvalue weighted by molar-refractivity contribution is 0.572. The molecule has 0 atom stereocenters. The number of hydrogen-bond acceptors (Lipinski definition) is 4. The van der Waals surface area contributed by atoms with E-state index in [1.165, 1.54) is 18.3 Å². The van der Waals surface area contributed by atoms with E-state index in [-0.39, 0.29) is 0 Å². The largest absolute Gasteiger partial charge is 0.444 e. The predicted molar refractivity (Wildman–Crippen MR) is 52.0 cm³/mol. The van der Waals surface area contributed by atoms with Crippen molar-refractivity contribution in [1.82, 2.24) is 4.98 Å². The van der Waals surface area contributed by atoms with E-state index in [0.29, 0.717) is 0 Å². The Kier molecular flexibility index (Phi) is 2.33. The highest BCUT2D eigenvalue weighted by Crippen LogP contribution is 2.21. The number of hydrogen-bond donors (Lipinski definition) is 1. The molecule has 1 aromatic carbocycles. The molecular weight excluding hydrogens is 184 g/mol. The molecule has 0 saturated carbocycles. The number of nitrogens with two attached hydrogens (primary N) is 1. The van der Waals surface area contributed by atoms with Crippen LogP contribution in [0.25, 0.3) is 11.3 Å². The second-order valence-electron chi connectivity index (χ2n) is 2.51. The molecule has 2 rings (SSSR count). The van der Waals surface area contributed by atoms with Gasteiger partial charge in [-0.2, -0.15) is 0 Å². The minimum absolute atomic E-state index is 0.772. The highest BCUT2D eigenvalue weighted by molar-refractivity contribution is 7.97. The lowest BCUT2D eigenvalue weighted by Gasteiger charge is -1.97. The zero-order valence-corrected chi connectivity index (χ0v) is 7.62. The van der Waals surface area contributed by atoms with Crippen LogP contribution in [-0.2, 0) is 0 Å². The Morgan fingerprint density at radius 1 is 1.23 bits per heavy atom. The summed E-state index contributed by atoms with van der Waals surface area (Å²) in [6.07, 6.45) is 3.10. The molecular formula is C9H8N2OS. The van der Waals surface area contributed by atoms with Crippen LogP contribution < -0.4 is 5.14 Å². The zero-order valence-electron chi connectivity index (χ0n) is 6.81. The summed E-state index contributed by atoms with van der Waals surface area (Å²) >= 11 is 1.23. The maximum atomic E-state index is 5.40. The van der Waals surface area contributed by atoms with Gasteiger partial charge >= 0.3 is 0 Å². The number of nitrogens with zero attached hydrogens (tertiary/aromatic N) is 1. The van der Waals surface area contributed by atoms with Crippen molar-refractivity contribution in [1.29, 1.82) is 0 Å². The molecule has 4 heteroatoms. The number of rotatable bonds is 2. The average molecular weight is 192 g/mol. The van der Waals surface area contributed by atoms with Gasteiger partial charge in [0, 0.05) is 10.5 Å². The van der Waals surface area contributed by atoms with Crippen molar-refractivity contribution in [3.63, 3.8) is 0 Å². The van der Waals surface area contributed by atoms with Crippen LogP contribution in [0, 0.1) is 0 Å². The highest BCUT2D eigenvalue weighted by Gasteiger charge is 1.99. The summed E-state index contributed by atoms with van der Waals surface area (Å²) in [4.78, 5) is 4.88. The molecule has 0 aliphatic rings. The van der Waals surface area contributed by atoms with Crippen molar-refractivity contribution in [2.24, 2.45) is 5.14 Å². The van der Waals surface area contributed by atoms with Crippen molar-refractivity contribution in [3.8, 4) is 11.3 Å². The Hall–Kier alpha value is -1.26. The van der Waals surface area contributed by atoms with Crippen molar-refractivity contribution in [2.75, 3.05) is 0 Å². The second kappa shape index (κ2) is 3.64. The predicted octanol–water partition coefficient (Wildman–Crippen LogP) is 2.31. The van der Waals surface area contributed by atoms with Crippen molar-refractivity contribution in [3.05, 3.63) is 36.9 Å². The SMILES string of the molecule is NSc1ccc(-c2cnco2)cc1. The molecule has 0 saturated heterocycles. The molecule has 1 heterocycles. The van der Waals surface area contributed by atoms with Gasteiger partial charge in [0.1, 0.15) is 0 Å². The minimum atomic E-state index is 0.772. The van der Waals surface area contributed by atoms with Gasteiger partial charge in [-0.3, -0.25) is 5.14 Å². The molecule has 0 aliphatic heterocycles. The van der Waals surface area contributed by atoms with E-state index in [1.54, 1.807) is 6.20 Å². The summed E-state index contributed by atoms with van der Waals surface area (Å²) in [5.74, 6) is 0.772. The molecule has 13 heavy (non-hydrogen) atoms. The molecule has 3 nitrogen and oxygen atoms in total. The summed E-state index contributed by atoms with van der Waals surface area (Å²) in [6, 6.07) is 7.80. The Balaban J connectivity index is 2.33. The van der Waals surface area contributed by atoms with Crippen LogP contribution in [0.4, 0.5) is 0 Å². The number of aromatic nitrogens is 1. The molecule has 0 bridgehead atoms. The third kappa shape index (κ3) is 1.74. The van der Waals surface area contributed by atoms with Gasteiger partial charge in [-0.05, 0) is 24.1 Å². The van der Waals surface area contributed by atoms with Gasteiger partial charge in [0.05, 0.1) is 6.20 Å². The Labute approximate surface area is 80.1 Å². The van der Waals surface area contributed by atoms with Crippen LogP contribution in [0.1, 0.15) is 0 Å². The highest BCUT2D eigenvalue weighted by atomic mass is 32.2. The lowest BCUT2D eigenvalue weighted by atomic mass is 10.2. The van der Waals surface area contributed by atoms with Crippen LogP contribution in [0.5, 0.6) is 0 Å². The second-order valence-corrected chi connectivity index (χ2v) is 3.22. The van der Waals surface area contributed by atoms with Gasteiger partial charge in [-0.25, -0.2) is 4.98 Å². The molecule has 66 valence electrons. The quantitative estimate of drug-likeness (QED) is 0.742. The molecule has 1 aromatic heterocycles. The fourth-order valence-corrected chi connectivity index (χ4v) is 1.35. The maximum Gasteiger partial charge on any atom is 0.181 e. The van der Waals surface area contributed by atoms with Crippen LogP contribution in [-0.4, -0.2) is 4.98 Å². The molecule has 0 spiro atoms. The Bertz CT molecular complexity index is 369. The molecule has 0 radical (unpaired) electrons.